The Morgan fingerprint density at radius 3 is 2.92 bits per heavy atom. The van der Waals surface area contributed by atoms with Gasteiger partial charge in [0.15, 0.2) is 0 Å². The Kier molecular flexibility index (Phi) is 5.34. The standard InChI is InChI=1S/C19H22F3N3O/c1-2-3-9-23-18(26)16-12-25-11-14(7-8-17(25)24-16)13-5-4-6-15(10-13)19(20,21)22/h4-6,10,12,14H,2-3,7-9,11H2,1H3,(H,23,26)/t14-/m1/s1. The molecule has 4 nitrogen and oxygen atoms in total. The van der Waals surface area contributed by atoms with Crippen molar-refractivity contribution in [1.29, 1.82) is 0 Å². The number of nitrogens with one attached hydrogen (secondary N) is 1. The highest BCUT2D eigenvalue weighted by Crippen LogP contribution is 2.34. The molecule has 1 aromatic carbocycles. The van der Waals surface area contributed by atoms with E-state index < -0.39 is 11.7 Å². The minimum atomic E-state index is -4.34. The molecule has 1 aromatic heterocycles. The van der Waals surface area contributed by atoms with Crippen molar-refractivity contribution >= 4 is 5.91 Å². The van der Waals surface area contributed by atoms with Crippen molar-refractivity contribution in [1.82, 2.24) is 14.9 Å². The second-order valence-corrected chi connectivity index (χ2v) is 6.66. The van der Waals surface area contributed by atoms with E-state index in [-0.39, 0.29) is 11.8 Å². The number of aromatic nitrogens is 2. The molecule has 3 rings (SSSR count). The van der Waals surface area contributed by atoms with Crippen molar-refractivity contribution in [3.8, 4) is 0 Å². The lowest BCUT2D eigenvalue weighted by Crippen LogP contribution is -2.24. The van der Waals surface area contributed by atoms with E-state index in [4.69, 9.17) is 0 Å². The number of fused-ring (bicyclic) bond motifs is 1. The quantitative estimate of drug-likeness (QED) is 0.809. The number of hydrogen-bond donors (Lipinski definition) is 1. The number of nitrogens with zero attached hydrogens (tertiary/aromatic N) is 2. The summed E-state index contributed by atoms with van der Waals surface area (Å²) in [6.45, 7) is 3.20. The first-order chi connectivity index (χ1) is 12.4. The summed E-state index contributed by atoms with van der Waals surface area (Å²) in [5.74, 6) is 0.597. The number of amides is 1. The molecule has 0 saturated carbocycles. The van der Waals surface area contributed by atoms with Gasteiger partial charge in [-0.3, -0.25) is 4.79 Å². The largest absolute Gasteiger partial charge is 0.416 e. The van der Waals surface area contributed by atoms with Gasteiger partial charge in [0.2, 0.25) is 0 Å². The van der Waals surface area contributed by atoms with Crippen LogP contribution in [0.2, 0.25) is 0 Å². The fourth-order valence-electron chi connectivity index (χ4n) is 3.26. The first kappa shape index (κ1) is 18.5. The number of aryl methyl sites for hydroxylation is 1. The Morgan fingerprint density at radius 2 is 2.19 bits per heavy atom. The normalized spacial score (nSPS) is 17.0. The maximum atomic E-state index is 12.9. The molecule has 0 saturated heterocycles. The predicted molar refractivity (Wildman–Crippen MR) is 92.0 cm³/mol. The lowest BCUT2D eigenvalue weighted by Gasteiger charge is -2.24. The minimum Gasteiger partial charge on any atom is -0.351 e. The lowest BCUT2D eigenvalue weighted by molar-refractivity contribution is -0.137. The Bertz CT molecular complexity index is 783. The maximum absolute atomic E-state index is 12.9. The summed E-state index contributed by atoms with van der Waals surface area (Å²) in [7, 11) is 0. The molecule has 140 valence electrons. The zero-order valence-electron chi connectivity index (χ0n) is 14.6. The van der Waals surface area contributed by atoms with Gasteiger partial charge in [-0.05, 0) is 24.5 Å². The number of rotatable bonds is 5. The second kappa shape index (κ2) is 7.51. The van der Waals surface area contributed by atoms with Gasteiger partial charge in [0.05, 0.1) is 5.56 Å². The molecular formula is C19H22F3N3O. The minimum absolute atomic E-state index is 0.0185. The van der Waals surface area contributed by atoms with Crippen LogP contribution in [0, 0.1) is 0 Å². The molecule has 0 spiro atoms. The molecule has 1 atom stereocenters. The molecule has 1 N–H and O–H groups in total. The summed E-state index contributed by atoms with van der Waals surface area (Å²) in [4.78, 5) is 16.5. The van der Waals surface area contributed by atoms with Crippen LogP contribution in [0.5, 0.6) is 0 Å². The summed E-state index contributed by atoms with van der Waals surface area (Å²) >= 11 is 0. The SMILES string of the molecule is CCCCNC(=O)c1cn2c(n1)CC[C@@H](c1cccc(C(F)(F)F)c1)C2. The predicted octanol–water partition coefficient (Wildman–Crippen LogP) is 4.16. The van der Waals surface area contributed by atoms with E-state index in [1.54, 1.807) is 12.3 Å². The highest BCUT2D eigenvalue weighted by molar-refractivity contribution is 5.92. The van der Waals surface area contributed by atoms with Crippen LogP contribution in [-0.2, 0) is 19.1 Å². The van der Waals surface area contributed by atoms with E-state index in [1.165, 1.54) is 12.1 Å². The molecule has 0 unspecified atom stereocenters. The average Bonchev–Trinajstić information content (AvgIpc) is 3.04. The Hall–Kier alpha value is -2.31. The Balaban J connectivity index is 1.73. The summed E-state index contributed by atoms with van der Waals surface area (Å²) in [5, 5.41) is 2.84. The van der Waals surface area contributed by atoms with Crippen molar-refractivity contribution in [2.24, 2.45) is 0 Å². The number of alkyl halides is 3. The fraction of sp³-hybridized carbons (Fsp3) is 0.474. The summed E-state index contributed by atoms with van der Waals surface area (Å²) in [5.41, 5.74) is 0.427. The van der Waals surface area contributed by atoms with Gasteiger partial charge in [-0.25, -0.2) is 4.98 Å². The Morgan fingerprint density at radius 1 is 1.38 bits per heavy atom. The van der Waals surface area contributed by atoms with Gasteiger partial charge in [-0.15, -0.1) is 0 Å². The number of imidazole rings is 1. The smallest absolute Gasteiger partial charge is 0.351 e. The van der Waals surface area contributed by atoms with E-state index in [1.807, 2.05) is 4.57 Å². The van der Waals surface area contributed by atoms with E-state index >= 15 is 0 Å². The van der Waals surface area contributed by atoms with Crippen molar-refractivity contribution in [2.75, 3.05) is 6.54 Å². The fourth-order valence-corrected chi connectivity index (χ4v) is 3.26. The van der Waals surface area contributed by atoms with Gasteiger partial charge in [0, 0.05) is 31.6 Å². The molecular weight excluding hydrogens is 343 g/mol. The van der Waals surface area contributed by atoms with Gasteiger partial charge in [0.1, 0.15) is 11.5 Å². The molecule has 0 bridgehead atoms. The van der Waals surface area contributed by atoms with Gasteiger partial charge in [-0.1, -0.05) is 31.5 Å². The highest BCUT2D eigenvalue weighted by Gasteiger charge is 2.31. The second-order valence-electron chi connectivity index (χ2n) is 6.66. The van der Waals surface area contributed by atoms with Crippen LogP contribution in [0.4, 0.5) is 13.2 Å². The van der Waals surface area contributed by atoms with E-state index in [0.717, 1.165) is 31.2 Å². The molecule has 7 heteroatoms. The molecule has 26 heavy (non-hydrogen) atoms. The van der Waals surface area contributed by atoms with Crippen LogP contribution in [0.25, 0.3) is 0 Å². The Labute approximate surface area is 150 Å². The third-order valence-corrected chi connectivity index (χ3v) is 4.73. The zero-order chi connectivity index (χ0) is 18.7. The molecule has 2 aromatic rings. The van der Waals surface area contributed by atoms with Gasteiger partial charge in [-0.2, -0.15) is 13.2 Å². The molecule has 1 aliphatic rings. The first-order valence-corrected chi connectivity index (χ1v) is 8.90. The van der Waals surface area contributed by atoms with Crippen molar-refractivity contribution < 1.29 is 18.0 Å². The summed E-state index contributed by atoms with van der Waals surface area (Å²) in [6, 6.07) is 5.51. The van der Waals surface area contributed by atoms with Crippen LogP contribution in [0.1, 0.15) is 59.5 Å². The monoisotopic (exact) mass is 365 g/mol. The summed E-state index contributed by atoms with van der Waals surface area (Å²) in [6.07, 6.45) is 0.638. The number of carbonyl (C=O) groups is 1. The summed E-state index contributed by atoms with van der Waals surface area (Å²) < 4.78 is 40.7. The van der Waals surface area contributed by atoms with Crippen molar-refractivity contribution in [3.63, 3.8) is 0 Å². The maximum Gasteiger partial charge on any atom is 0.416 e. The van der Waals surface area contributed by atoms with E-state index in [9.17, 15) is 18.0 Å². The third-order valence-electron chi connectivity index (χ3n) is 4.73. The van der Waals surface area contributed by atoms with Crippen LogP contribution in [-0.4, -0.2) is 22.0 Å². The number of carbonyl (C=O) groups excluding carboxylic acids is 1. The van der Waals surface area contributed by atoms with Crippen LogP contribution >= 0.6 is 0 Å². The number of hydrogen-bond acceptors (Lipinski definition) is 2. The number of unbranched alkanes of at least 4 members (excludes halogenated alkanes) is 1. The molecule has 0 radical (unpaired) electrons. The first-order valence-electron chi connectivity index (χ1n) is 8.90. The van der Waals surface area contributed by atoms with Gasteiger partial charge in [0.25, 0.3) is 5.91 Å². The van der Waals surface area contributed by atoms with Gasteiger partial charge < -0.3 is 9.88 Å². The molecule has 2 heterocycles. The molecule has 0 fully saturated rings. The number of halogens is 3. The van der Waals surface area contributed by atoms with Crippen LogP contribution in [0.15, 0.2) is 30.5 Å². The highest BCUT2D eigenvalue weighted by atomic mass is 19.4. The van der Waals surface area contributed by atoms with Gasteiger partial charge >= 0.3 is 6.18 Å². The lowest BCUT2D eigenvalue weighted by atomic mass is 9.90. The average molecular weight is 365 g/mol. The zero-order valence-corrected chi connectivity index (χ0v) is 14.6. The van der Waals surface area contributed by atoms with E-state index in [2.05, 4.69) is 17.2 Å². The molecule has 1 aliphatic heterocycles. The van der Waals surface area contributed by atoms with Crippen LogP contribution in [0.3, 0.4) is 0 Å². The van der Waals surface area contributed by atoms with Crippen molar-refractivity contribution in [2.45, 2.75) is 51.2 Å². The topological polar surface area (TPSA) is 46.9 Å². The van der Waals surface area contributed by atoms with Crippen LogP contribution < -0.4 is 5.32 Å². The third kappa shape index (κ3) is 4.08. The molecule has 1 amide bonds. The van der Waals surface area contributed by atoms with E-state index in [0.29, 0.717) is 30.8 Å². The molecule has 0 aliphatic carbocycles. The number of benzene rings is 1. The van der Waals surface area contributed by atoms with Crippen molar-refractivity contribution in [3.05, 3.63) is 53.1 Å².